The van der Waals surface area contributed by atoms with Crippen molar-refractivity contribution in [3.8, 4) is 0 Å². The van der Waals surface area contributed by atoms with Crippen molar-refractivity contribution in [2.24, 2.45) is 0 Å². The molecule has 0 saturated carbocycles. The van der Waals surface area contributed by atoms with Crippen LogP contribution in [0.15, 0.2) is 18.2 Å². The van der Waals surface area contributed by atoms with Crippen molar-refractivity contribution in [2.75, 3.05) is 18.4 Å². The second-order valence-electron chi connectivity index (χ2n) is 4.73. The van der Waals surface area contributed by atoms with E-state index in [4.69, 9.17) is 11.6 Å². The van der Waals surface area contributed by atoms with Crippen molar-refractivity contribution < 1.29 is 9.59 Å². The molecule has 0 spiro atoms. The molecule has 1 atom stereocenters. The minimum absolute atomic E-state index is 0.0336. The molecule has 0 aliphatic carbocycles. The molecule has 108 valence electrons. The topological polar surface area (TPSA) is 70.2 Å². The summed E-state index contributed by atoms with van der Waals surface area (Å²) in [5.74, 6) is -0.142. The lowest BCUT2D eigenvalue weighted by Crippen LogP contribution is -2.47. The van der Waals surface area contributed by atoms with Gasteiger partial charge in [-0.25, -0.2) is 0 Å². The molecule has 1 saturated heterocycles. The van der Waals surface area contributed by atoms with E-state index >= 15 is 0 Å². The molecule has 2 rings (SSSR count). The minimum atomic E-state index is -0.176. The second kappa shape index (κ2) is 6.61. The zero-order valence-corrected chi connectivity index (χ0v) is 12.1. The van der Waals surface area contributed by atoms with Gasteiger partial charge in [0.2, 0.25) is 5.91 Å². The second-order valence-corrected chi connectivity index (χ2v) is 5.17. The number of piperidine rings is 1. The van der Waals surface area contributed by atoms with Gasteiger partial charge in [0.15, 0.2) is 0 Å². The highest BCUT2D eigenvalue weighted by atomic mass is 35.5. The predicted octanol–water partition coefficient (Wildman–Crippen LogP) is 1.78. The van der Waals surface area contributed by atoms with Crippen molar-refractivity contribution >= 4 is 29.1 Å². The molecule has 1 aromatic rings. The summed E-state index contributed by atoms with van der Waals surface area (Å²) < 4.78 is 0. The summed E-state index contributed by atoms with van der Waals surface area (Å²) in [5.41, 5.74) is 1.28. The van der Waals surface area contributed by atoms with Crippen molar-refractivity contribution in [2.45, 2.75) is 25.8 Å². The van der Waals surface area contributed by atoms with E-state index in [0.29, 0.717) is 30.0 Å². The van der Waals surface area contributed by atoms with E-state index in [9.17, 15) is 9.59 Å². The van der Waals surface area contributed by atoms with Crippen molar-refractivity contribution in [1.29, 1.82) is 0 Å². The fourth-order valence-corrected chi connectivity index (χ4v) is 2.34. The standard InChI is InChI=1S/C14H18ClN3O2/c1-2-16-12-5-3-9(15)7-11(12)14(20)18-10-4-6-13(19)17-8-10/h3,5,7,10,16H,2,4,6,8H2,1H3,(H,17,19)(H,18,20). The maximum absolute atomic E-state index is 12.3. The smallest absolute Gasteiger partial charge is 0.253 e. The lowest BCUT2D eigenvalue weighted by molar-refractivity contribution is -0.122. The van der Waals surface area contributed by atoms with Crippen LogP contribution >= 0.6 is 11.6 Å². The number of benzene rings is 1. The van der Waals surface area contributed by atoms with Gasteiger partial charge in [0.05, 0.1) is 5.56 Å². The molecular weight excluding hydrogens is 278 g/mol. The Bertz CT molecular complexity index is 509. The average Bonchev–Trinajstić information content (AvgIpc) is 2.43. The van der Waals surface area contributed by atoms with E-state index in [-0.39, 0.29) is 17.9 Å². The highest BCUT2D eigenvalue weighted by molar-refractivity contribution is 6.31. The first-order valence-electron chi connectivity index (χ1n) is 6.71. The van der Waals surface area contributed by atoms with Gasteiger partial charge in [0.1, 0.15) is 0 Å². The Balaban J connectivity index is 2.08. The zero-order valence-electron chi connectivity index (χ0n) is 11.3. The first-order valence-corrected chi connectivity index (χ1v) is 7.09. The largest absolute Gasteiger partial charge is 0.385 e. The van der Waals surface area contributed by atoms with E-state index in [1.807, 2.05) is 6.92 Å². The summed E-state index contributed by atoms with van der Waals surface area (Å²) in [6, 6.07) is 5.16. The number of hydrogen-bond acceptors (Lipinski definition) is 3. The van der Waals surface area contributed by atoms with Gasteiger partial charge in [-0.1, -0.05) is 11.6 Å². The van der Waals surface area contributed by atoms with Crippen LogP contribution in [0.25, 0.3) is 0 Å². The molecule has 3 N–H and O–H groups in total. The molecule has 1 aliphatic rings. The number of rotatable bonds is 4. The van der Waals surface area contributed by atoms with Gasteiger partial charge in [-0.3, -0.25) is 9.59 Å². The first-order chi connectivity index (χ1) is 9.60. The third kappa shape index (κ3) is 3.63. The van der Waals surface area contributed by atoms with Crippen LogP contribution in [0.4, 0.5) is 5.69 Å². The molecule has 0 aromatic heterocycles. The summed E-state index contributed by atoms with van der Waals surface area (Å²) in [5, 5.41) is 9.34. The quantitative estimate of drug-likeness (QED) is 0.793. The summed E-state index contributed by atoms with van der Waals surface area (Å²) in [6.45, 7) is 3.16. The molecule has 2 amide bonds. The van der Waals surface area contributed by atoms with Crippen LogP contribution in [0.1, 0.15) is 30.1 Å². The average molecular weight is 296 g/mol. The highest BCUT2D eigenvalue weighted by Gasteiger charge is 2.21. The van der Waals surface area contributed by atoms with Crippen molar-refractivity contribution in [3.63, 3.8) is 0 Å². The van der Waals surface area contributed by atoms with Crippen LogP contribution in [-0.4, -0.2) is 30.9 Å². The lowest BCUT2D eigenvalue weighted by atomic mass is 10.1. The first kappa shape index (κ1) is 14.7. The van der Waals surface area contributed by atoms with E-state index in [0.717, 1.165) is 12.2 Å². The highest BCUT2D eigenvalue weighted by Crippen LogP contribution is 2.21. The fourth-order valence-electron chi connectivity index (χ4n) is 2.17. The summed E-state index contributed by atoms with van der Waals surface area (Å²) >= 11 is 5.96. The van der Waals surface area contributed by atoms with E-state index < -0.39 is 0 Å². The zero-order chi connectivity index (χ0) is 14.5. The number of anilines is 1. The van der Waals surface area contributed by atoms with E-state index in [1.165, 1.54) is 0 Å². The van der Waals surface area contributed by atoms with E-state index in [1.54, 1.807) is 18.2 Å². The number of carbonyl (C=O) groups is 2. The number of hydrogen-bond donors (Lipinski definition) is 3. The SMILES string of the molecule is CCNc1ccc(Cl)cc1C(=O)NC1CCC(=O)NC1. The Morgan fingerprint density at radius 1 is 1.50 bits per heavy atom. The maximum atomic E-state index is 12.3. The van der Waals surface area contributed by atoms with Gasteiger partial charge in [-0.2, -0.15) is 0 Å². The molecule has 1 aromatic carbocycles. The summed E-state index contributed by atoms with van der Waals surface area (Å²) in [6.07, 6.45) is 1.11. The van der Waals surface area contributed by atoms with Crippen LogP contribution in [0, 0.1) is 0 Å². The molecule has 1 fully saturated rings. The number of nitrogens with one attached hydrogen (secondary N) is 3. The third-order valence-electron chi connectivity index (χ3n) is 3.19. The molecular formula is C14H18ClN3O2. The Morgan fingerprint density at radius 2 is 2.30 bits per heavy atom. The van der Waals surface area contributed by atoms with Gasteiger partial charge < -0.3 is 16.0 Å². The molecule has 1 unspecified atom stereocenters. The van der Waals surface area contributed by atoms with Crippen LogP contribution < -0.4 is 16.0 Å². The van der Waals surface area contributed by atoms with Gasteiger partial charge in [-0.05, 0) is 31.5 Å². The number of halogens is 1. The minimum Gasteiger partial charge on any atom is -0.385 e. The van der Waals surface area contributed by atoms with Crippen molar-refractivity contribution in [3.05, 3.63) is 28.8 Å². The van der Waals surface area contributed by atoms with Crippen LogP contribution in [-0.2, 0) is 4.79 Å². The van der Waals surface area contributed by atoms with Gasteiger partial charge in [0.25, 0.3) is 5.91 Å². The molecule has 1 aliphatic heterocycles. The molecule has 5 nitrogen and oxygen atoms in total. The van der Waals surface area contributed by atoms with Gasteiger partial charge in [-0.15, -0.1) is 0 Å². The Kier molecular flexibility index (Phi) is 4.84. The van der Waals surface area contributed by atoms with E-state index in [2.05, 4.69) is 16.0 Å². The van der Waals surface area contributed by atoms with Crippen molar-refractivity contribution in [1.82, 2.24) is 10.6 Å². The number of amides is 2. The summed E-state index contributed by atoms with van der Waals surface area (Å²) in [7, 11) is 0. The monoisotopic (exact) mass is 295 g/mol. The Labute approximate surface area is 123 Å². The fraction of sp³-hybridized carbons (Fsp3) is 0.429. The summed E-state index contributed by atoms with van der Waals surface area (Å²) in [4.78, 5) is 23.4. The molecule has 0 radical (unpaired) electrons. The van der Waals surface area contributed by atoms with Crippen LogP contribution in [0.2, 0.25) is 5.02 Å². The Morgan fingerprint density at radius 3 is 2.95 bits per heavy atom. The normalized spacial score (nSPS) is 18.3. The Hall–Kier alpha value is -1.75. The lowest BCUT2D eigenvalue weighted by Gasteiger charge is -2.24. The van der Waals surface area contributed by atoms with Crippen LogP contribution in [0.3, 0.4) is 0 Å². The molecule has 0 bridgehead atoms. The predicted molar refractivity (Wildman–Crippen MR) is 79.1 cm³/mol. The number of carbonyl (C=O) groups excluding carboxylic acids is 2. The molecule has 6 heteroatoms. The molecule has 1 heterocycles. The molecule has 20 heavy (non-hydrogen) atoms. The third-order valence-corrected chi connectivity index (χ3v) is 3.43. The maximum Gasteiger partial charge on any atom is 0.253 e. The van der Waals surface area contributed by atoms with Crippen LogP contribution in [0.5, 0.6) is 0 Å². The van der Waals surface area contributed by atoms with Gasteiger partial charge in [0, 0.05) is 36.3 Å². The van der Waals surface area contributed by atoms with Gasteiger partial charge >= 0.3 is 0 Å².